The molecule has 0 saturated heterocycles. The molecule has 0 amide bonds. The highest BCUT2D eigenvalue weighted by Gasteiger charge is 2.24. The molecule has 0 aliphatic carbocycles. The first kappa shape index (κ1) is 11.7. The van der Waals surface area contributed by atoms with Gasteiger partial charge in [0.25, 0.3) is 0 Å². The fraction of sp³-hybridized carbons (Fsp3) is 0.308. The standard InChI is InChI=1S/C13H14BrN3O/c14-12-11-10(15)2-1-7-17(11)13(16-12)8-3-5-9(18)6-4-8/h3-6,10,18H,1-2,7,15H2. The van der Waals surface area contributed by atoms with Crippen LogP contribution >= 0.6 is 15.9 Å². The van der Waals surface area contributed by atoms with E-state index in [0.717, 1.165) is 41.1 Å². The minimum atomic E-state index is 0.0477. The van der Waals surface area contributed by atoms with Crippen molar-refractivity contribution in [2.45, 2.75) is 25.4 Å². The summed E-state index contributed by atoms with van der Waals surface area (Å²) in [5.74, 6) is 1.17. The van der Waals surface area contributed by atoms with Gasteiger partial charge in [0.2, 0.25) is 0 Å². The quantitative estimate of drug-likeness (QED) is 0.851. The van der Waals surface area contributed by atoms with Gasteiger partial charge in [-0.1, -0.05) is 0 Å². The van der Waals surface area contributed by atoms with Crippen LogP contribution in [-0.2, 0) is 6.54 Å². The molecule has 2 aromatic rings. The molecule has 1 aromatic carbocycles. The number of aromatic nitrogens is 2. The molecule has 1 aliphatic rings. The van der Waals surface area contributed by atoms with Crippen LogP contribution in [-0.4, -0.2) is 14.7 Å². The summed E-state index contributed by atoms with van der Waals surface area (Å²) in [6, 6.07) is 7.14. The molecule has 3 N–H and O–H groups in total. The summed E-state index contributed by atoms with van der Waals surface area (Å²) in [6.07, 6.45) is 2.07. The Morgan fingerprint density at radius 1 is 1.33 bits per heavy atom. The van der Waals surface area contributed by atoms with Gasteiger partial charge in [-0.05, 0) is 53.0 Å². The summed E-state index contributed by atoms with van der Waals surface area (Å²) < 4.78 is 3.00. The van der Waals surface area contributed by atoms with Crippen LogP contribution in [0.5, 0.6) is 5.75 Å². The molecule has 0 saturated carbocycles. The zero-order chi connectivity index (χ0) is 12.7. The normalized spacial score (nSPS) is 18.7. The van der Waals surface area contributed by atoms with Crippen LogP contribution in [0.15, 0.2) is 28.9 Å². The van der Waals surface area contributed by atoms with Gasteiger partial charge in [0, 0.05) is 18.2 Å². The zero-order valence-corrected chi connectivity index (χ0v) is 11.4. The van der Waals surface area contributed by atoms with E-state index in [9.17, 15) is 5.11 Å². The maximum atomic E-state index is 9.33. The molecule has 5 heteroatoms. The Morgan fingerprint density at radius 3 is 2.78 bits per heavy atom. The lowest BCUT2D eigenvalue weighted by atomic mass is 10.1. The Bertz CT molecular complexity index is 577. The number of phenols is 1. The van der Waals surface area contributed by atoms with Crippen LogP contribution in [0.4, 0.5) is 0 Å². The topological polar surface area (TPSA) is 64.1 Å². The molecule has 4 nitrogen and oxygen atoms in total. The molecule has 1 aromatic heterocycles. The second kappa shape index (κ2) is 4.40. The fourth-order valence-electron chi connectivity index (χ4n) is 2.45. The number of benzene rings is 1. The number of hydrogen-bond donors (Lipinski definition) is 2. The van der Waals surface area contributed by atoms with Crippen LogP contribution in [0.3, 0.4) is 0 Å². The Morgan fingerprint density at radius 2 is 2.06 bits per heavy atom. The molecule has 1 aliphatic heterocycles. The molecule has 0 bridgehead atoms. The average Bonchev–Trinajstić information content (AvgIpc) is 2.69. The van der Waals surface area contributed by atoms with Crippen LogP contribution in [0, 0.1) is 0 Å². The molecule has 1 unspecified atom stereocenters. The van der Waals surface area contributed by atoms with E-state index in [1.165, 1.54) is 0 Å². The Kier molecular flexibility index (Phi) is 2.87. The van der Waals surface area contributed by atoms with Crippen LogP contribution in [0.2, 0.25) is 0 Å². The molecule has 1 atom stereocenters. The number of aromatic hydroxyl groups is 1. The number of nitrogens with zero attached hydrogens (tertiary/aromatic N) is 2. The number of hydrogen-bond acceptors (Lipinski definition) is 3. The predicted octanol–water partition coefficient (Wildman–Crippen LogP) is 2.81. The third kappa shape index (κ3) is 1.83. The first-order chi connectivity index (χ1) is 8.66. The van der Waals surface area contributed by atoms with E-state index >= 15 is 0 Å². The number of halogens is 1. The van der Waals surface area contributed by atoms with Crippen molar-refractivity contribution in [1.29, 1.82) is 0 Å². The molecule has 0 spiro atoms. The van der Waals surface area contributed by atoms with E-state index in [-0.39, 0.29) is 11.8 Å². The summed E-state index contributed by atoms with van der Waals surface area (Å²) in [5.41, 5.74) is 8.20. The zero-order valence-electron chi connectivity index (χ0n) is 9.81. The summed E-state index contributed by atoms with van der Waals surface area (Å²) in [5, 5.41) is 9.33. The van der Waals surface area contributed by atoms with Crippen molar-refractivity contribution in [3.63, 3.8) is 0 Å². The van der Waals surface area contributed by atoms with Crippen molar-refractivity contribution in [3.05, 3.63) is 34.6 Å². The van der Waals surface area contributed by atoms with E-state index in [4.69, 9.17) is 5.73 Å². The molecule has 18 heavy (non-hydrogen) atoms. The van der Waals surface area contributed by atoms with Gasteiger partial charge in [0.1, 0.15) is 16.2 Å². The highest BCUT2D eigenvalue weighted by Crippen LogP contribution is 2.34. The molecular formula is C13H14BrN3O. The highest BCUT2D eigenvalue weighted by molar-refractivity contribution is 9.10. The highest BCUT2D eigenvalue weighted by atomic mass is 79.9. The summed E-state index contributed by atoms with van der Waals surface area (Å²) >= 11 is 3.49. The maximum Gasteiger partial charge on any atom is 0.141 e. The van der Waals surface area contributed by atoms with Crippen molar-refractivity contribution in [2.24, 2.45) is 5.73 Å². The second-order valence-corrected chi connectivity index (χ2v) is 5.31. The molecular weight excluding hydrogens is 294 g/mol. The third-order valence-electron chi connectivity index (χ3n) is 3.34. The fourth-order valence-corrected chi connectivity index (χ4v) is 3.13. The van der Waals surface area contributed by atoms with E-state index in [0.29, 0.717) is 0 Å². The predicted molar refractivity (Wildman–Crippen MR) is 73.2 cm³/mol. The van der Waals surface area contributed by atoms with Crippen molar-refractivity contribution in [1.82, 2.24) is 9.55 Å². The van der Waals surface area contributed by atoms with Crippen LogP contribution < -0.4 is 5.73 Å². The van der Waals surface area contributed by atoms with E-state index < -0.39 is 0 Å². The molecule has 0 radical (unpaired) electrons. The number of phenolic OH excluding ortho intramolecular Hbond substituents is 1. The molecule has 0 fully saturated rings. The third-order valence-corrected chi connectivity index (χ3v) is 3.92. The number of imidazole rings is 1. The largest absolute Gasteiger partial charge is 0.508 e. The minimum Gasteiger partial charge on any atom is -0.508 e. The first-order valence-corrected chi connectivity index (χ1v) is 6.77. The van der Waals surface area contributed by atoms with Gasteiger partial charge in [-0.2, -0.15) is 0 Å². The Balaban J connectivity index is 2.13. The van der Waals surface area contributed by atoms with Crippen LogP contribution in [0.1, 0.15) is 24.6 Å². The lowest BCUT2D eigenvalue weighted by Gasteiger charge is -2.22. The number of rotatable bonds is 1. The summed E-state index contributed by atoms with van der Waals surface area (Å²) in [6.45, 7) is 0.942. The van der Waals surface area contributed by atoms with Gasteiger partial charge in [-0.3, -0.25) is 0 Å². The molecule has 2 heterocycles. The average molecular weight is 308 g/mol. The van der Waals surface area contributed by atoms with Crippen molar-refractivity contribution >= 4 is 15.9 Å². The van der Waals surface area contributed by atoms with Gasteiger partial charge in [-0.25, -0.2) is 4.98 Å². The van der Waals surface area contributed by atoms with Gasteiger partial charge in [0.15, 0.2) is 0 Å². The van der Waals surface area contributed by atoms with Crippen molar-refractivity contribution in [3.8, 4) is 17.1 Å². The van der Waals surface area contributed by atoms with Gasteiger partial charge in [-0.15, -0.1) is 0 Å². The summed E-state index contributed by atoms with van der Waals surface area (Å²) in [7, 11) is 0. The van der Waals surface area contributed by atoms with Gasteiger partial charge < -0.3 is 15.4 Å². The Labute approximate surface area is 114 Å². The number of nitrogens with two attached hydrogens (primary N) is 1. The lowest BCUT2D eigenvalue weighted by Crippen LogP contribution is -2.22. The van der Waals surface area contributed by atoms with Gasteiger partial charge in [0.05, 0.1) is 5.69 Å². The van der Waals surface area contributed by atoms with Crippen molar-refractivity contribution < 1.29 is 5.11 Å². The molecule has 3 rings (SSSR count). The maximum absolute atomic E-state index is 9.33. The SMILES string of the molecule is NC1CCCn2c(-c3ccc(O)cc3)nc(Br)c21. The Hall–Kier alpha value is -1.33. The van der Waals surface area contributed by atoms with Gasteiger partial charge >= 0.3 is 0 Å². The molecule has 94 valence electrons. The second-order valence-electron chi connectivity index (χ2n) is 4.56. The van der Waals surface area contributed by atoms with E-state index in [1.54, 1.807) is 12.1 Å². The van der Waals surface area contributed by atoms with E-state index in [2.05, 4.69) is 25.5 Å². The first-order valence-electron chi connectivity index (χ1n) is 5.97. The van der Waals surface area contributed by atoms with Crippen molar-refractivity contribution in [2.75, 3.05) is 0 Å². The smallest absolute Gasteiger partial charge is 0.141 e. The van der Waals surface area contributed by atoms with E-state index in [1.807, 2.05) is 12.1 Å². The minimum absolute atomic E-state index is 0.0477. The summed E-state index contributed by atoms with van der Waals surface area (Å²) in [4.78, 5) is 4.56. The lowest BCUT2D eigenvalue weighted by molar-refractivity contribution is 0.464. The monoisotopic (exact) mass is 307 g/mol. The number of fused-ring (bicyclic) bond motifs is 1. The van der Waals surface area contributed by atoms with Crippen LogP contribution in [0.25, 0.3) is 11.4 Å².